The molecule has 1 aliphatic rings. The lowest BCUT2D eigenvalue weighted by Crippen LogP contribution is -2.05. The third-order valence-electron chi connectivity index (χ3n) is 3.42. The summed E-state index contributed by atoms with van der Waals surface area (Å²) in [4.78, 5) is 16.3. The molecule has 110 valence electrons. The number of ether oxygens (including phenoxy) is 1. The van der Waals surface area contributed by atoms with E-state index in [1.165, 1.54) is 0 Å². The zero-order valence-corrected chi connectivity index (χ0v) is 13.0. The van der Waals surface area contributed by atoms with E-state index in [0.717, 1.165) is 16.7 Å². The summed E-state index contributed by atoms with van der Waals surface area (Å²) in [7, 11) is 0. The fourth-order valence-electron chi connectivity index (χ4n) is 2.22. The predicted octanol–water partition coefficient (Wildman–Crippen LogP) is 4.30. The van der Waals surface area contributed by atoms with E-state index in [1.54, 1.807) is 30.3 Å². The average Bonchev–Trinajstić information content (AvgIpc) is 2.84. The second-order valence-electron chi connectivity index (χ2n) is 5.21. The Morgan fingerprint density at radius 3 is 2.73 bits per heavy atom. The van der Waals surface area contributed by atoms with Crippen molar-refractivity contribution in [1.82, 2.24) is 0 Å². The summed E-state index contributed by atoms with van der Waals surface area (Å²) in [5, 5.41) is 0.572. The van der Waals surface area contributed by atoms with Gasteiger partial charge in [0, 0.05) is 10.6 Å². The molecule has 4 heteroatoms. The number of hydrogen-bond acceptors (Lipinski definition) is 3. The summed E-state index contributed by atoms with van der Waals surface area (Å²) in [6.45, 7) is 4.00. The lowest BCUT2D eigenvalue weighted by Gasteiger charge is -2.01. The number of aliphatic imine (C=N–C) groups is 1. The molecule has 0 spiro atoms. The first-order chi connectivity index (χ1) is 10.5. The van der Waals surface area contributed by atoms with Gasteiger partial charge in [-0.25, -0.2) is 9.79 Å². The molecule has 1 aliphatic heterocycles. The largest absolute Gasteiger partial charge is 0.402 e. The molecule has 0 aromatic heterocycles. The van der Waals surface area contributed by atoms with Gasteiger partial charge in [-0.3, -0.25) is 0 Å². The maximum absolute atomic E-state index is 12.0. The topological polar surface area (TPSA) is 38.7 Å². The number of hydrogen-bond donors (Lipinski definition) is 0. The molecule has 0 saturated heterocycles. The number of carbonyl (C=O) groups excluding carboxylic acids is 1. The van der Waals surface area contributed by atoms with Crippen molar-refractivity contribution in [1.29, 1.82) is 0 Å². The number of halogens is 1. The smallest absolute Gasteiger partial charge is 0.363 e. The second kappa shape index (κ2) is 5.78. The van der Waals surface area contributed by atoms with E-state index in [2.05, 4.69) is 4.99 Å². The van der Waals surface area contributed by atoms with Crippen LogP contribution < -0.4 is 0 Å². The molecule has 0 N–H and O–H groups in total. The van der Waals surface area contributed by atoms with Crippen molar-refractivity contribution in [2.45, 2.75) is 13.8 Å². The summed E-state index contributed by atoms with van der Waals surface area (Å²) >= 11 is 5.95. The Balaban J connectivity index is 1.99. The van der Waals surface area contributed by atoms with Crippen LogP contribution >= 0.6 is 11.6 Å². The molecule has 0 amide bonds. The van der Waals surface area contributed by atoms with Gasteiger partial charge in [0.1, 0.15) is 0 Å². The molecule has 2 aromatic carbocycles. The Labute approximate surface area is 133 Å². The third-order valence-corrected chi connectivity index (χ3v) is 3.65. The standard InChI is InChI=1S/C18H14ClNO2/c1-11-6-7-12(2)14(8-11)10-16-18(21)22-17(20-16)13-4-3-5-15(19)9-13/h3-10H,1-2H3. The molecule has 0 saturated carbocycles. The normalized spacial score (nSPS) is 15.9. The number of carbonyl (C=O) groups is 1. The fraction of sp³-hybridized carbons (Fsp3) is 0.111. The fourth-order valence-corrected chi connectivity index (χ4v) is 2.41. The predicted molar refractivity (Wildman–Crippen MR) is 88.0 cm³/mol. The van der Waals surface area contributed by atoms with Crippen molar-refractivity contribution >= 4 is 29.5 Å². The molecule has 0 radical (unpaired) electrons. The van der Waals surface area contributed by atoms with Gasteiger partial charge < -0.3 is 4.74 Å². The maximum Gasteiger partial charge on any atom is 0.363 e. The monoisotopic (exact) mass is 311 g/mol. The molecule has 0 fully saturated rings. The quantitative estimate of drug-likeness (QED) is 0.612. The van der Waals surface area contributed by atoms with E-state index >= 15 is 0 Å². The van der Waals surface area contributed by atoms with Crippen LogP contribution in [0.4, 0.5) is 0 Å². The van der Waals surface area contributed by atoms with Gasteiger partial charge in [0.05, 0.1) is 0 Å². The Morgan fingerprint density at radius 2 is 1.95 bits per heavy atom. The van der Waals surface area contributed by atoms with Crippen molar-refractivity contribution in [3.63, 3.8) is 0 Å². The van der Waals surface area contributed by atoms with Crippen molar-refractivity contribution < 1.29 is 9.53 Å². The highest BCUT2D eigenvalue weighted by Crippen LogP contribution is 2.22. The van der Waals surface area contributed by atoms with Crippen LogP contribution in [-0.4, -0.2) is 11.9 Å². The van der Waals surface area contributed by atoms with Crippen molar-refractivity contribution in [2.75, 3.05) is 0 Å². The van der Waals surface area contributed by atoms with Gasteiger partial charge in [-0.2, -0.15) is 0 Å². The third kappa shape index (κ3) is 2.95. The van der Waals surface area contributed by atoms with Crippen molar-refractivity contribution in [3.05, 3.63) is 75.4 Å². The van der Waals surface area contributed by atoms with Gasteiger partial charge in [-0.05, 0) is 49.2 Å². The van der Waals surface area contributed by atoms with Crippen LogP contribution in [0.1, 0.15) is 22.3 Å². The Bertz CT molecular complexity index is 822. The zero-order chi connectivity index (χ0) is 15.7. The summed E-state index contributed by atoms with van der Waals surface area (Å²) < 4.78 is 5.24. The van der Waals surface area contributed by atoms with Crippen molar-refractivity contribution in [2.24, 2.45) is 4.99 Å². The van der Waals surface area contributed by atoms with Crippen LogP contribution in [0, 0.1) is 13.8 Å². The first-order valence-corrected chi connectivity index (χ1v) is 7.26. The van der Waals surface area contributed by atoms with E-state index in [4.69, 9.17) is 16.3 Å². The molecular weight excluding hydrogens is 298 g/mol. The minimum Gasteiger partial charge on any atom is -0.402 e. The van der Waals surface area contributed by atoms with Gasteiger partial charge >= 0.3 is 5.97 Å². The first-order valence-electron chi connectivity index (χ1n) is 6.89. The minimum atomic E-state index is -0.448. The van der Waals surface area contributed by atoms with Gasteiger partial charge in [0.25, 0.3) is 0 Å². The van der Waals surface area contributed by atoms with Crippen LogP contribution in [0.25, 0.3) is 6.08 Å². The van der Waals surface area contributed by atoms with Crippen LogP contribution in [0.5, 0.6) is 0 Å². The van der Waals surface area contributed by atoms with Crippen LogP contribution in [0.3, 0.4) is 0 Å². The summed E-state index contributed by atoms with van der Waals surface area (Å²) in [6, 6.07) is 13.1. The van der Waals surface area contributed by atoms with Crippen LogP contribution in [0.15, 0.2) is 53.2 Å². The zero-order valence-electron chi connectivity index (χ0n) is 12.3. The average molecular weight is 312 g/mol. The molecule has 0 atom stereocenters. The van der Waals surface area contributed by atoms with E-state index in [0.29, 0.717) is 16.3 Å². The van der Waals surface area contributed by atoms with E-state index < -0.39 is 5.97 Å². The van der Waals surface area contributed by atoms with Crippen molar-refractivity contribution in [3.8, 4) is 0 Å². The molecule has 1 heterocycles. The molecule has 2 aromatic rings. The maximum atomic E-state index is 12.0. The number of nitrogens with zero attached hydrogens (tertiary/aromatic N) is 1. The number of esters is 1. The van der Waals surface area contributed by atoms with Gasteiger partial charge in [0.15, 0.2) is 5.70 Å². The van der Waals surface area contributed by atoms with Gasteiger partial charge in [-0.15, -0.1) is 0 Å². The van der Waals surface area contributed by atoms with E-state index in [1.807, 2.05) is 32.0 Å². The van der Waals surface area contributed by atoms with E-state index in [-0.39, 0.29) is 5.90 Å². The molecule has 3 rings (SSSR count). The number of aryl methyl sites for hydroxylation is 2. The molecule has 0 bridgehead atoms. The Morgan fingerprint density at radius 1 is 1.14 bits per heavy atom. The Kier molecular flexibility index (Phi) is 3.82. The van der Waals surface area contributed by atoms with E-state index in [9.17, 15) is 4.79 Å². The highest BCUT2D eigenvalue weighted by molar-refractivity contribution is 6.31. The minimum absolute atomic E-state index is 0.282. The summed E-state index contributed by atoms with van der Waals surface area (Å²) in [6.07, 6.45) is 1.75. The molecule has 0 unspecified atom stereocenters. The highest BCUT2D eigenvalue weighted by atomic mass is 35.5. The lowest BCUT2D eigenvalue weighted by atomic mass is 10.0. The Hall–Kier alpha value is -2.39. The molecular formula is C18H14ClNO2. The molecule has 0 aliphatic carbocycles. The summed E-state index contributed by atoms with van der Waals surface area (Å²) in [5.41, 5.74) is 4.15. The number of rotatable bonds is 2. The van der Waals surface area contributed by atoms with Crippen LogP contribution in [-0.2, 0) is 9.53 Å². The number of cyclic esters (lactones) is 1. The SMILES string of the molecule is Cc1ccc(C)c(C=C2N=C(c3cccc(Cl)c3)OC2=O)c1. The van der Waals surface area contributed by atoms with Gasteiger partial charge in [-0.1, -0.05) is 41.4 Å². The number of benzene rings is 2. The van der Waals surface area contributed by atoms with Gasteiger partial charge in [0.2, 0.25) is 5.90 Å². The second-order valence-corrected chi connectivity index (χ2v) is 5.64. The molecule has 3 nitrogen and oxygen atoms in total. The summed E-state index contributed by atoms with van der Waals surface area (Å²) in [5.74, 6) is -0.167. The highest BCUT2D eigenvalue weighted by Gasteiger charge is 2.24. The van der Waals surface area contributed by atoms with Crippen LogP contribution in [0.2, 0.25) is 5.02 Å². The molecule has 22 heavy (non-hydrogen) atoms. The lowest BCUT2D eigenvalue weighted by molar-refractivity contribution is -0.129. The first kappa shape index (κ1) is 14.5.